The highest BCUT2D eigenvalue weighted by atomic mass is 15.2. The molecule has 0 spiro atoms. The summed E-state index contributed by atoms with van der Waals surface area (Å²) in [6.45, 7) is 11.4. The summed E-state index contributed by atoms with van der Waals surface area (Å²) in [5.74, 6) is 0.682. The van der Waals surface area contributed by atoms with Gasteiger partial charge in [-0.25, -0.2) is 0 Å². The Kier molecular flexibility index (Phi) is 4.36. The van der Waals surface area contributed by atoms with Gasteiger partial charge in [-0.1, -0.05) is 19.9 Å². The van der Waals surface area contributed by atoms with E-state index >= 15 is 0 Å². The number of hydrogen-bond donors (Lipinski definition) is 1. The second-order valence-corrected chi connectivity index (χ2v) is 5.77. The lowest BCUT2D eigenvalue weighted by Gasteiger charge is -2.43. The van der Waals surface area contributed by atoms with Gasteiger partial charge in [-0.3, -0.25) is 9.88 Å². The Morgan fingerprint density at radius 1 is 1.39 bits per heavy atom. The first-order valence-corrected chi connectivity index (χ1v) is 6.98. The molecule has 0 amide bonds. The molecule has 3 unspecified atom stereocenters. The van der Waals surface area contributed by atoms with Crippen molar-refractivity contribution in [1.29, 1.82) is 0 Å². The first kappa shape index (κ1) is 13.5. The fourth-order valence-corrected chi connectivity index (χ4v) is 2.71. The van der Waals surface area contributed by atoms with Crippen LogP contribution in [-0.4, -0.2) is 35.1 Å². The molecule has 18 heavy (non-hydrogen) atoms. The van der Waals surface area contributed by atoms with E-state index in [4.69, 9.17) is 0 Å². The summed E-state index contributed by atoms with van der Waals surface area (Å²) in [6, 6.07) is 5.82. The maximum Gasteiger partial charge on any atom is 0.0339 e. The van der Waals surface area contributed by atoms with Crippen molar-refractivity contribution in [3.63, 3.8) is 0 Å². The molecule has 1 fully saturated rings. The molecule has 0 radical (unpaired) electrons. The minimum Gasteiger partial charge on any atom is -0.311 e. The molecule has 3 atom stereocenters. The summed E-state index contributed by atoms with van der Waals surface area (Å²) in [6.07, 6.45) is 3.83. The van der Waals surface area contributed by atoms with Crippen molar-refractivity contribution in [2.45, 2.75) is 45.8 Å². The van der Waals surface area contributed by atoms with Gasteiger partial charge in [0, 0.05) is 43.6 Å². The van der Waals surface area contributed by atoms with Crippen LogP contribution in [0.2, 0.25) is 0 Å². The largest absolute Gasteiger partial charge is 0.311 e. The average molecular weight is 247 g/mol. The summed E-state index contributed by atoms with van der Waals surface area (Å²) in [5.41, 5.74) is 1.31. The van der Waals surface area contributed by atoms with Gasteiger partial charge in [-0.15, -0.1) is 0 Å². The number of rotatable bonds is 3. The molecule has 1 aromatic rings. The number of aromatic nitrogens is 1. The molecule has 2 heterocycles. The van der Waals surface area contributed by atoms with E-state index in [1.165, 1.54) is 5.56 Å². The predicted octanol–water partition coefficient (Wildman–Crippen LogP) is 2.46. The lowest BCUT2D eigenvalue weighted by Crippen LogP contribution is -2.57. The molecule has 1 aliphatic rings. The second-order valence-electron chi connectivity index (χ2n) is 5.77. The molecule has 0 aliphatic carbocycles. The molecule has 1 aromatic heterocycles. The minimum absolute atomic E-state index is 0.442. The maximum atomic E-state index is 4.24. The molecule has 3 nitrogen and oxygen atoms in total. The molecule has 2 rings (SSSR count). The van der Waals surface area contributed by atoms with E-state index in [-0.39, 0.29) is 0 Å². The number of piperazine rings is 1. The van der Waals surface area contributed by atoms with Gasteiger partial charge in [0.1, 0.15) is 0 Å². The zero-order valence-corrected chi connectivity index (χ0v) is 11.9. The fourth-order valence-electron chi connectivity index (χ4n) is 2.71. The predicted molar refractivity (Wildman–Crippen MR) is 75.4 cm³/mol. The zero-order valence-electron chi connectivity index (χ0n) is 11.9. The van der Waals surface area contributed by atoms with Crippen molar-refractivity contribution in [3.8, 4) is 0 Å². The van der Waals surface area contributed by atoms with Crippen molar-refractivity contribution in [3.05, 3.63) is 30.1 Å². The van der Waals surface area contributed by atoms with Crippen LogP contribution in [0.1, 0.15) is 39.3 Å². The lowest BCUT2D eigenvalue weighted by molar-refractivity contribution is 0.0850. The van der Waals surface area contributed by atoms with Crippen molar-refractivity contribution in [2.24, 2.45) is 5.92 Å². The average Bonchev–Trinajstić information content (AvgIpc) is 2.39. The highest BCUT2D eigenvalue weighted by Gasteiger charge is 2.30. The summed E-state index contributed by atoms with van der Waals surface area (Å²) < 4.78 is 0. The summed E-state index contributed by atoms with van der Waals surface area (Å²) >= 11 is 0. The van der Waals surface area contributed by atoms with Crippen LogP contribution in [-0.2, 0) is 0 Å². The van der Waals surface area contributed by atoms with Gasteiger partial charge >= 0.3 is 0 Å². The number of hydrogen-bond acceptors (Lipinski definition) is 3. The van der Waals surface area contributed by atoms with E-state index in [2.05, 4.69) is 49.0 Å². The number of nitrogens with one attached hydrogen (secondary N) is 1. The smallest absolute Gasteiger partial charge is 0.0339 e. The zero-order chi connectivity index (χ0) is 13.1. The van der Waals surface area contributed by atoms with Gasteiger partial charge in [-0.2, -0.15) is 0 Å². The van der Waals surface area contributed by atoms with Crippen LogP contribution >= 0.6 is 0 Å². The quantitative estimate of drug-likeness (QED) is 0.889. The highest BCUT2D eigenvalue weighted by Crippen LogP contribution is 2.25. The maximum absolute atomic E-state index is 4.24. The number of pyridine rings is 1. The Morgan fingerprint density at radius 3 is 2.78 bits per heavy atom. The van der Waals surface area contributed by atoms with Crippen LogP contribution in [0.5, 0.6) is 0 Å². The topological polar surface area (TPSA) is 28.2 Å². The van der Waals surface area contributed by atoms with Crippen molar-refractivity contribution < 1.29 is 0 Å². The highest BCUT2D eigenvalue weighted by molar-refractivity contribution is 5.14. The normalized spacial score (nSPS) is 27.4. The molecular formula is C15H25N3. The van der Waals surface area contributed by atoms with Crippen LogP contribution in [0.25, 0.3) is 0 Å². The summed E-state index contributed by atoms with van der Waals surface area (Å²) in [7, 11) is 0. The Hall–Kier alpha value is -0.930. The van der Waals surface area contributed by atoms with E-state index in [1.54, 1.807) is 0 Å². The monoisotopic (exact) mass is 247 g/mol. The molecule has 0 aromatic carbocycles. The fraction of sp³-hybridized carbons (Fsp3) is 0.667. The van der Waals surface area contributed by atoms with Gasteiger partial charge in [0.05, 0.1) is 0 Å². The third kappa shape index (κ3) is 2.90. The molecule has 1 saturated heterocycles. The van der Waals surface area contributed by atoms with Crippen molar-refractivity contribution in [2.75, 3.05) is 13.1 Å². The van der Waals surface area contributed by atoms with Crippen LogP contribution in [0, 0.1) is 5.92 Å². The Balaban J connectivity index is 2.10. The van der Waals surface area contributed by atoms with Crippen LogP contribution < -0.4 is 5.32 Å². The van der Waals surface area contributed by atoms with E-state index in [0.29, 0.717) is 24.0 Å². The Bertz CT molecular complexity index is 363. The molecule has 3 heteroatoms. The molecular weight excluding hydrogens is 222 g/mol. The van der Waals surface area contributed by atoms with Crippen molar-refractivity contribution in [1.82, 2.24) is 15.2 Å². The van der Waals surface area contributed by atoms with E-state index in [9.17, 15) is 0 Å². The van der Waals surface area contributed by atoms with Gasteiger partial charge in [0.15, 0.2) is 0 Å². The Morgan fingerprint density at radius 2 is 2.17 bits per heavy atom. The summed E-state index contributed by atoms with van der Waals surface area (Å²) in [5, 5.41) is 3.65. The number of nitrogens with zero attached hydrogens (tertiary/aromatic N) is 2. The third-order valence-corrected chi connectivity index (χ3v) is 4.12. The first-order chi connectivity index (χ1) is 8.59. The minimum atomic E-state index is 0.442. The first-order valence-electron chi connectivity index (χ1n) is 6.98. The van der Waals surface area contributed by atoms with Crippen LogP contribution in [0.3, 0.4) is 0 Å². The standard InChI is InChI=1S/C15H25N3/c1-11(2)15-10-18(12(3)8-17-15)13(4)14-6-5-7-16-9-14/h5-7,9,11-13,15,17H,8,10H2,1-4H3. The molecule has 100 valence electrons. The summed E-state index contributed by atoms with van der Waals surface area (Å²) in [4.78, 5) is 6.83. The van der Waals surface area contributed by atoms with Crippen LogP contribution in [0.4, 0.5) is 0 Å². The lowest BCUT2D eigenvalue weighted by atomic mass is 9.97. The van der Waals surface area contributed by atoms with Crippen LogP contribution in [0.15, 0.2) is 24.5 Å². The van der Waals surface area contributed by atoms with E-state index in [0.717, 1.165) is 13.1 Å². The molecule has 0 bridgehead atoms. The molecule has 0 saturated carbocycles. The van der Waals surface area contributed by atoms with E-state index in [1.807, 2.05) is 18.5 Å². The van der Waals surface area contributed by atoms with Gasteiger partial charge in [0.2, 0.25) is 0 Å². The van der Waals surface area contributed by atoms with Gasteiger partial charge in [0.25, 0.3) is 0 Å². The second kappa shape index (κ2) is 5.81. The van der Waals surface area contributed by atoms with Crippen molar-refractivity contribution >= 4 is 0 Å². The van der Waals surface area contributed by atoms with Gasteiger partial charge in [-0.05, 0) is 31.4 Å². The Labute approximate surface area is 111 Å². The third-order valence-electron chi connectivity index (χ3n) is 4.12. The van der Waals surface area contributed by atoms with Gasteiger partial charge < -0.3 is 5.32 Å². The van der Waals surface area contributed by atoms with E-state index < -0.39 is 0 Å². The molecule has 1 N–H and O–H groups in total. The molecule has 1 aliphatic heterocycles. The SMILES string of the molecule is CC(C)C1CN(C(C)c2cccnc2)C(C)CN1.